The van der Waals surface area contributed by atoms with E-state index in [1.807, 2.05) is 0 Å². The van der Waals surface area contributed by atoms with Gasteiger partial charge in [0.15, 0.2) is 0 Å². The van der Waals surface area contributed by atoms with E-state index in [1.165, 1.54) is 13.8 Å². The number of rotatable bonds is 6. The van der Waals surface area contributed by atoms with Crippen molar-refractivity contribution in [2.24, 2.45) is 0 Å². The first kappa shape index (κ1) is 17.3. The van der Waals surface area contributed by atoms with Gasteiger partial charge in [-0.2, -0.15) is 0 Å². The van der Waals surface area contributed by atoms with E-state index in [2.05, 4.69) is 4.72 Å². The second-order valence-electron chi connectivity index (χ2n) is 4.93. The van der Waals surface area contributed by atoms with Crippen LogP contribution in [0.3, 0.4) is 0 Å². The Labute approximate surface area is 125 Å². The lowest BCUT2D eigenvalue weighted by Crippen LogP contribution is -2.44. The standard InChI is InChI=1S/C11H13ClN2O6S/c1-11(2,6-10(15)16)13-21(19,20)9-4-3-7(14(17)18)5-8(9)12/h3-5,13H,6H2,1-2H3,(H,15,16). The minimum absolute atomic E-state index is 0.317. The summed E-state index contributed by atoms with van der Waals surface area (Å²) in [7, 11) is -4.10. The Hall–Kier alpha value is -1.71. The zero-order valence-corrected chi connectivity index (χ0v) is 12.7. The van der Waals surface area contributed by atoms with Crippen LogP contribution in [-0.2, 0) is 14.8 Å². The second-order valence-corrected chi connectivity index (χ2v) is 6.99. The normalized spacial score (nSPS) is 12.1. The van der Waals surface area contributed by atoms with Crippen molar-refractivity contribution in [2.75, 3.05) is 0 Å². The van der Waals surface area contributed by atoms with Gasteiger partial charge in [-0.25, -0.2) is 13.1 Å². The summed E-state index contributed by atoms with van der Waals surface area (Å²) in [4.78, 5) is 20.2. The zero-order chi connectivity index (χ0) is 16.4. The van der Waals surface area contributed by atoms with Crippen LogP contribution in [0, 0.1) is 10.1 Å². The van der Waals surface area contributed by atoms with Crippen molar-refractivity contribution in [2.45, 2.75) is 30.7 Å². The predicted octanol–water partition coefficient (Wildman–Crippen LogP) is 1.78. The first-order valence-corrected chi connectivity index (χ1v) is 7.50. The highest BCUT2D eigenvalue weighted by Crippen LogP contribution is 2.27. The first-order chi connectivity index (χ1) is 9.44. The Morgan fingerprint density at radius 1 is 1.48 bits per heavy atom. The molecule has 0 unspecified atom stereocenters. The molecule has 0 bridgehead atoms. The van der Waals surface area contributed by atoms with Gasteiger partial charge >= 0.3 is 5.97 Å². The fourth-order valence-corrected chi connectivity index (χ4v) is 3.61. The lowest BCUT2D eigenvalue weighted by molar-refractivity contribution is -0.384. The van der Waals surface area contributed by atoms with Crippen molar-refractivity contribution in [3.8, 4) is 0 Å². The Bertz CT molecular complexity index is 686. The van der Waals surface area contributed by atoms with E-state index in [0.29, 0.717) is 0 Å². The summed E-state index contributed by atoms with van der Waals surface area (Å²) in [5.41, 5.74) is -1.58. The van der Waals surface area contributed by atoms with Crippen LogP contribution in [0.2, 0.25) is 5.02 Å². The molecule has 0 atom stereocenters. The highest BCUT2D eigenvalue weighted by Gasteiger charge is 2.30. The highest BCUT2D eigenvalue weighted by molar-refractivity contribution is 7.89. The highest BCUT2D eigenvalue weighted by atomic mass is 35.5. The monoisotopic (exact) mass is 336 g/mol. The maximum atomic E-state index is 12.2. The minimum atomic E-state index is -4.10. The molecule has 0 radical (unpaired) electrons. The molecule has 0 aromatic heterocycles. The summed E-state index contributed by atoms with van der Waals surface area (Å²) in [6.45, 7) is 2.80. The molecule has 0 amide bonds. The molecule has 0 heterocycles. The van der Waals surface area contributed by atoms with Crippen molar-refractivity contribution >= 4 is 33.3 Å². The topological polar surface area (TPSA) is 127 Å². The number of sulfonamides is 1. The van der Waals surface area contributed by atoms with Crippen LogP contribution >= 0.6 is 11.6 Å². The summed E-state index contributed by atoms with van der Waals surface area (Å²) in [6.07, 6.45) is -0.434. The van der Waals surface area contributed by atoms with Crippen LogP contribution < -0.4 is 4.72 Å². The molecule has 10 heteroatoms. The molecule has 116 valence electrons. The van der Waals surface area contributed by atoms with Crippen molar-refractivity contribution in [3.63, 3.8) is 0 Å². The van der Waals surface area contributed by atoms with Crippen molar-refractivity contribution in [1.82, 2.24) is 4.72 Å². The number of nitro groups is 1. The molecule has 1 rings (SSSR count). The molecule has 0 aliphatic heterocycles. The van der Waals surface area contributed by atoms with Crippen molar-refractivity contribution in [3.05, 3.63) is 33.3 Å². The van der Waals surface area contributed by atoms with Crippen LogP contribution in [0.25, 0.3) is 0 Å². The van der Waals surface area contributed by atoms with E-state index < -0.39 is 32.9 Å². The van der Waals surface area contributed by atoms with Gasteiger partial charge in [-0.3, -0.25) is 14.9 Å². The zero-order valence-electron chi connectivity index (χ0n) is 11.2. The maximum Gasteiger partial charge on any atom is 0.305 e. The lowest BCUT2D eigenvalue weighted by Gasteiger charge is -2.24. The van der Waals surface area contributed by atoms with Gasteiger partial charge in [-0.15, -0.1) is 0 Å². The third kappa shape index (κ3) is 4.66. The molecule has 8 nitrogen and oxygen atoms in total. The molecule has 0 aliphatic carbocycles. The number of carboxylic acid groups (broad SMARTS) is 1. The van der Waals surface area contributed by atoms with Crippen LogP contribution in [-0.4, -0.2) is 30.0 Å². The lowest BCUT2D eigenvalue weighted by atomic mass is 10.0. The SMILES string of the molecule is CC(C)(CC(=O)O)NS(=O)(=O)c1ccc([N+](=O)[O-])cc1Cl. The van der Waals surface area contributed by atoms with Gasteiger partial charge in [-0.05, 0) is 19.9 Å². The number of hydrogen-bond acceptors (Lipinski definition) is 5. The molecule has 21 heavy (non-hydrogen) atoms. The number of nitrogens with one attached hydrogen (secondary N) is 1. The summed E-state index contributed by atoms with van der Waals surface area (Å²) < 4.78 is 26.6. The molecular weight excluding hydrogens is 324 g/mol. The predicted molar refractivity (Wildman–Crippen MR) is 74.8 cm³/mol. The van der Waals surface area contributed by atoms with E-state index in [9.17, 15) is 23.3 Å². The van der Waals surface area contributed by atoms with Gasteiger partial charge in [0.25, 0.3) is 5.69 Å². The summed E-state index contributed by atoms with van der Waals surface area (Å²) in [5.74, 6) is -1.17. The van der Waals surface area contributed by atoms with Crippen LogP contribution in [0.1, 0.15) is 20.3 Å². The van der Waals surface area contributed by atoms with Crippen LogP contribution in [0.4, 0.5) is 5.69 Å². The van der Waals surface area contributed by atoms with E-state index in [4.69, 9.17) is 16.7 Å². The number of benzene rings is 1. The van der Waals surface area contributed by atoms with Gasteiger partial charge in [0.05, 0.1) is 16.4 Å². The smallest absolute Gasteiger partial charge is 0.305 e. The number of non-ortho nitro benzene ring substituents is 1. The average molecular weight is 337 g/mol. The Balaban J connectivity index is 3.14. The minimum Gasteiger partial charge on any atom is -0.481 e. The summed E-state index contributed by atoms with van der Waals surface area (Å²) in [5, 5.41) is 19.0. The molecule has 0 saturated heterocycles. The van der Waals surface area contributed by atoms with Crippen molar-refractivity contribution in [1.29, 1.82) is 0 Å². The number of aliphatic carboxylic acids is 1. The summed E-state index contributed by atoms with van der Waals surface area (Å²) in [6, 6.07) is 2.92. The quantitative estimate of drug-likeness (QED) is 0.602. The molecule has 1 aromatic carbocycles. The van der Waals surface area contributed by atoms with E-state index in [0.717, 1.165) is 18.2 Å². The van der Waals surface area contributed by atoms with E-state index in [-0.39, 0.29) is 15.6 Å². The molecule has 0 fully saturated rings. The van der Waals surface area contributed by atoms with Crippen molar-refractivity contribution < 1.29 is 23.2 Å². The fraction of sp³-hybridized carbons (Fsp3) is 0.364. The average Bonchev–Trinajstić information content (AvgIpc) is 2.24. The number of carbonyl (C=O) groups is 1. The number of hydrogen-bond donors (Lipinski definition) is 2. The fourth-order valence-electron chi connectivity index (χ4n) is 1.65. The molecule has 2 N–H and O–H groups in total. The molecule has 0 spiro atoms. The maximum absolute atomic E-state index is 12.2. The van der Waals surface area contributed by atoms with Crippen LogP contribution in [0.5, 0.6) is 0 Å². The number of halogens is 1. The molecule has 0 saturated carbocycles. The third-order valence-electron chi connectivity index (χ3n) is 2.42. The third-order valence-corrected chi connectivity index (χ3v) is 4.60. The number of carboxylic acids is 1. The largest absolute Gasteiger partial charge is 0.481 e. The van der Waals surface area contributed by atoms with Gasteiger partial charge < -0.3 is 5.11 Å². The first-order valence-electron chi connectivity index (χ1n) is 5.64. The van der Waals surface area contributed by atoms with E-state index in [1.54, 1.807) is 0 Å². The molecule has 0 aliphatic rings. The number of nitrogens with zero attached hydrogens (tertiary/aromatic N) is 1. The van der Waals surface area contributed by atoms with Gasteiger partial charge in [0.2, 0.25) is 10.0 Å². The van der Waals surface area contributed by atoms with Gasteiger partial charge in [0.1, 0.15) is 4.90 Å². The Kier molecular flexibility index (Phi) is 4.92. The molecule has 1 aromatic rings. The Morgan fingerprint density at radius 2 is 2.05 bits per heavy atom. The van der Waals surface area contributed by atoms with Gasteiger partial charge in [0, 0.05) is 17.7 Å². The van der Waals surface area contributed by atoms with Crippen LogP contribution in [0.15, 0.2) is 23.1 Å². The Morgan fingerprint density at radius 3 is 2.48 bits per heavy atom. The van der Waals surface area contributed by atoms with E-state index >= 15 is 0 Å². The second kappa shape index (κ2) is 5.96. The van der Waals surface area contributed by atoms with Gasteiger partial charge in [-0.1, -0.05) is 11.6 Å². The molecular formula is C11H13ClN2O6S. The number of nitro benzene ring substituents is 1. The summed E-state index contributed by atoms with van der Waals surface area (Å²) >= 11 is 5.75.